The molecule has 0 unspecified atom stereocenters. The molecule has 4 heteroatoms. The average molecular weight is 278 g/mol. The number of hydrogen-bond acceptors (Lipinski definition) is 3. The second kappa shape index (κ2) is 13.5. The van der Waals surface area contributed by atoms with Crippen molar-refractivity contribution in [3.63, 3.8) is 0 Å². The maximum Gasteiger partial charge on any atom is 0.273 e. The van der Waals surface area contributed by atoms with Crippen LogP contribution in [0.5, 0.6) is 0 Å². The Morgan fingerprint density at radius 2 is 1.95 bits per heavy atom. The van der Waals surface area contributed by atoms with E-state index in [1.807, 2.05) is 34.6 Å². The Morgan fingerprint density at radius 3 is 2.40 bits per heavy atom. The summed E-state index contributed by atoms with van der Waals surface area (Å²) in [7, 11) is 0. The van der Waals surface area contributed by atoms with E-state index < -0.39 is 0 Å². The highest BCUT2D eigenvalue weighted by molar-refractivity contribution is 5.55. The molecule has 112 valence electrons. The van der Waals surface area contributed by atoms with E-state index in [-0.39, 0.29) is 12.2 Å². The molecule has 1 heterocycles. The van der Waals surface area contributed by atoms with Crippen molar-refractivity contribution in [1.82, 2.24) is 9.55 Å². The van der Waals surface area contributed by atoms with Crippen LogP contribution < -0.4 is 5.56 Å². The van der Waals surface area contributed by atoms with Crippen molar-refractivity contribution >= 4 is 5.70 Å². The Morgan fingerprint density at radius 1 is 1.35 bits per heavy atom. The summed E-state index contributed by atoms with van der Waals surface area (Å²) in [4.78, 5) is 15.1. The normalized spacial score (nSPS) is 10.2. The first kappa shape index (κ1) is 20.4. The molecule has 0 aliphatic rings. The zero-order valence-corrected chi connectivity index (χ0v) is 13.1. The molecule has 0 saturated heterocycles. The molecule has 0 amide bonds. The molecule has 4 nitrogen and oxygen atoms in total. The van der Waals surface area contributed by atoms with Crippen molar-refractivity contribution in [1.29, 1.82) is 0 Å². The minimum absolute atomic E-state index is 0.0362. The van der Waals surface area contributed by atoms with Gasteiger partial charge >= 0.3 is 0 Å². The van der Waals surface area contributed by atoms with Crippen LogP contribution >= 0.6 is 0 Å². The van der Waals surface area contributed by atoms with Crippen molar-refractivity contribution in [3.05, 3.63) is 59.3 Å². The lowest BCUT2D eigenvalue weighted by Gasteiger charge is -2.03. The SMILES string of the molecule is C=C(/C=C\C(=C/C)CO)n1ccncc1=O.CC.CC. The average Bonchev–Trinajstić information content (AvgIpc) is 2.52. The summed E-state index contributed by atoms with van der Waals surface area (Å²) in [6, 6.07) is 0. The van der Waals surface area contributed by atoms with Gasteiger partial charge in [-0.3, -0.25) is 14.3 Å². The van der Waals surface area contributed by atoms with Gasteiger partial charge in [0.15, 0.2) is 0 Å². The van der Waals surface area contributed by atoms with Crippen LogP contribution in [0.2, 0.25) is 0 Å². The number of hydrogen-bond donors (Lipinski definition) is 1. The van der Waals surface area contributed by atoms with Gasteiger partial charge in [-0.1, -0.05) is 46.4 Å². The second-order valence-electron chi connectivity index (χ2n) is 3.13. The molecule has 1 rings (SSSR count). The summed E-state index contributed by atoms with van der Waals surface area (Å²) in [6.07, 6.45) is 9.47. The van der Waals surface area contributed by atoms with Gasteiger partial charge in [-0.05, 0) is 18.6 Å². The molecule has 0 spiro atoms. The summed E-state index contributed by atoms with van der Waals surface area (Å²) in [5.74, 6) is 0. The molecule has 1 N–H and O–H groups in total. The highest BCUT2D eigenvalue weighted by atomic mass is 16.3. The van der Waals surface area contributed by atoms with Gasteiger partial charge in [0, 0.05) is 18.1 Å². The van der Waals surface area contributed by atoms with E-state index in [9.17, 15) is 4.79 Å². The van der Waals surface area contributed by atoms with Gasteiger partial charge in [-0.15, -0.1) is 0 Å². The molecule has 0 radical (unpaired) electrons. The van der Waals surface area contributed by atoms with Crippen LogP contribution in [0, 0.1) is 0 Å². The third-order valence-electron chi connectivity index (χ3n) is 2.08. The van der Waals surface area contributed by atoms with Crippen LogP contribution in [-0.4, -0.2) is 21.3 Å². The number of aliphatic hydroxyl groups excluding tert-OH is 1. The van der Waals surface area contributed by atoms with Gasteiger partial charge in [0.05, 0.1) is 12.8 Å². The second-order valence-corrected chi connectivity index (χ2v) is 3.13. The zero-order valence-electron chi connectivity index (χ0n) is 13.1. The predicted octanol–water partition coefficient (Wildman–Crippen LogP) is 3.26. The van der Waals surface area contributed by atoms with Crippen LogP contribution in [0.25, 0.3) is 5.70 Å². The first-order valence-corrected chi connectivity index (χ1v) is 6.85. The summed E-state index contributed by atoms with van der Waals surface area (Å²) >= 11 is 0. The molecule has 0 aromatic carbocycles. The highest BCUT2D eigenvalue weighted by Crippen LogP contribution is 2.02. The molecule has 1 aromatic rings. The topological polar surface area (TPSA) is 55.1 Å². The Bertz CT molecular complexity index is 485. The molecular formula is C16H26N2O2. The lowest BCUT2D eigenvalue weighted by molar-refractivity contribution is 0.335. The summed E-state index contributed by atoms with van der Waals surface area (Å²) in [6.45, 7) is 13.6. The Hall–Kier alpha value is -1.94. The van der Waals surface area contributed by atoms with Crippen molar-refractivity contribution < 1.29 is 5.11 Å². The molecule has 1 aromatic heterocycles. The molecule has 20 heavy (non-hydrogen) atoms. The molecule has 0 atom stereocenters. The quantitative estimate of drug-likeness (QED) is 0.860. The Labute approximate surface area is 121 Å². The Balaban J connectivity index is 0. The molecule has 0 aliphatic heterocycles. The first-order chi connectivity index (χ1) is 9.69. The zero-order chi connectivity index (χ0) is 16.0. The summed E-state index contributed by atoms with van der Waals surface area (Å²) in [5, 5.41) is 8.94. The fraction of sp³-hybridized carbons (Fsp3) is 0.375. The van der Waals surface area contributed by atoms with E-state index in [4.69, 9.17) is 5.11 Å². The maximum absolute atomic E-state index is 11.4. The van der Waals surface area contributed by atoms with E-state index in [1.54, 1.807) is 24.4 Å². The monoisotopic (exact) mass is 278 g/mol. The molecule has 0 bridgehead atoms. The third-order valence-corrected chi connectivity index (χ3v) is 2.08. The van der Waals surface area contributed by atoms with Gasteiger partial charge in [-0.2, -0.15) is 0 Å². The van der Waals surface area contributed by atoms with Crippen molar-refractivity contribution in [2.75, 3.05) is 6.61 Å². The van der Waals surface area contributed by atoms with Crippen LogP contribution in [0.15, 0.2) is 53.8 Å². The maximum atomic E-state index is 11.4. The predicted molar refractivity (Wildman–Crippen MR) is 86.5 cm³/mol. The summed E-state index contributed by atoms with van der Waals surface area (Å²) in [5.41, 5.74) is 1.06. The molecular weight excluding hydrogens is 252 g/mol. The molecule has 0 fully saturated rings. The van der Waals surface area contributed by atoms with Crippen LogP contribution in [-0.2, 0) is 0 Å². The van der Waals surface area contributed by atoms with Gasteiger partial charge in [0.2, 0.25) is 0 Å². The smallest absolute Gasteiger partial charge is 0.273 e. The third kappa shape index (κ3) is 7.48. The van der Waals surface area contributed by atoms with Gasteiger partial charge in [-0.25, -0.2) is 0 Å². The van der Waals surface area contributed by atoms with Crippen LogP contribution in [0.4, 0.5) is 0 Å². The van der Waals surface area contributed by atoms with E-state index in [0.29, 0.717) is 5.70 Å². The number of aliphatic hydroxyl groups is 1. The van der Waals surface area contributed by atoms with Crippen molar-refractivity contribution in [3.8, 4) is 0 Å². The van der Waals surface area contributed by atoms with Crippen LogP contribution in [0.3, 0.4) is 0 Å². The molecule has 0 saturated carbocycles. The fourth-order valence-electron chi connectivity index (χ4n) is 1.11. The largest absolute Gasteiger partial charge is 0.392 e. The number of nitrogens with zero attached hydrogens (tertiary/aromatic N) is 2. The van der Waals surface area contributed by atoms with E-state index in [1.165, 1.54) is 17.0 Å². The standard InChI is InChI=1S/C12H14N2O2.2C2H6/c1-3-11(9-15)5-4-10(2)14-7-6-13-8-12(14)16;2*1-2/h3-8,15H,2,9H2,1H3;2*1-2H3/b5-4-,11-3+;;. The van der Waals surface area contributed by atoms with Crippen molar-refractivity contribution in [2.24, 2.45) is 0 Å². The summed E-state index contributed by atoms with van der Waals surface area (Å²) < 4.78 is 1.38. The lowest BCUT2D eigenvalue weighted by Crippen LogP contribution is -2.16. The van der Waals surface area contributed by atoms with Gasteiger partial charge < -0.3 is 5.11 Å². The van der Waals surface area contributed by atoms with E-state index >= 15 is 0 Å². The first-order valence-electron chi connectivity index (χ1n) is 6.85. The number of allylic oxidation sites excluding steroid dienone is 3. The van der Waals surface area contributed by atoms with E-state index in [0.717, 1.165) is 5.57 Å². The van der Waals surface area contributed by atoms with E-state index in [2.05, 4.69) is 11.6 Å². The van der Waals surface area contributed by atoms with Crippen LogP contribution in [0.1, 0.15) is 34.6 Å². The van der Waals surface area contributed by atoms with Crippen molar-refractivity contribution in [2.45, 2.75) is 34.6 Å². The number of rotatable bonds is 4. The fourth-order valence-corrected chi connectivity index (χ4v) is 1.11. The van der Waals surface area contributed by atoms with Gasteiger partial charge in [0.25, 0.3) is 5.56 Å². The molecule has 0 aliphatic carbocycles. The Kier molecular flexibility index (Phi) is 13.7. The lowest BCUT2D eigenvalue weighted by atomic mass is 10.2. The van der Waals surface area contributed by atoms with Gasteiger partial charge in [0.1, 0.15) is 0 Å². The number of aromatic nitrogens is 2. The minimum atomic E-state index is -0.233. The minimum Gasteiger partial charge on any atom is -0.392 e. The highest BCUT2D eigenvalue weighted by Gasteiger charge is 1.95.